The van der Waals surface area contributed by atoms with Crippen LogP contribution in [0, 0.1) is 6.92 Å². The summed E-state index contributed by atoms with van der Waals surface area (Å²) in [5.41, 5.74) is 7.99. The quantitative estimate of drug-likeness (QED) is 0.708. The summed E-state index contributed by atoms with van der Waals surface area (Å²) in [5.74, 6) is 0.243. The van der Waals surface area contributed by atoms with Crippen LogP contribution in [0.3, 0.4) is 0 Å². The van der Waals surface area contributed by atoms with Gasteiger partial charge in [-0.2, -0.15) is 0 Å². The van der Waals surface area contributed by atoms with Crippen LogP contribution in [0.25, 0.3) is 0 Å². The Morgan fingerprint density at radius 2 is 1.68 bits per heavy atom. The first-order valence-electron chi connectivity index (χ1n) is 8.38. The number of nitrogens with two attached hydrogens (primary N) is 1. The van der Waals surface area contributed by atoms with Gasteiger partial charge >= 0.3 is 0 Å². The number of hydrogen-bond donors (Lipinski definition) is 1. The first-order chi connectivity index (χ1) is 10.4. The zero-order chi connectivity index (χ0) is 16.6. The fourth-order valence-corrected chi connectivity index (χ4v) is 2.74. The molecule has 1 aromatic carbocycles. The Hall–Kier alpha value is -1.35. The second kappa shape index (κ2) is 8.94. The minimum Gasteiger partial charge on any atom is -0.345 e. The maximum Gasteiger partial charge on any atom is 0.222 e. The molecule has 3 nitrogen and oxygen atoms in total. The standard InChI is InChI=1S/C19H32N2O/c1-16-10-12-17(13-11-16)19(2,3)15-21(4)18(22)9-7-5-6-8-14-20/h10-13H,5-9,14-15,20H2,1-4H3. The van der Waals surface area contributed by atoms with Gasteiger partial charge in [0.15, 0.2) is 0 Å². The molecule has 22 heavy (non-hydrogen) atoms. The molecular formula is C19H32N2O. The lowest BCUT2D eigenvalue weighted by Gasteiger charge is -2.31. The van der Waals surface area contributed by atoms with Crippen LogP contribution in [0.5, 0.6) is 0 Å². The number of nitrogens with zero attached hydrogens (tertiary/aromatic N) is 1. The van der Waals surface area contributed by atoms with Crippen molar-refractivity contribution >= 4 is 5.91 Å². The molecule has 0 unspecified atom stereocenters. The van der Waals surface area contributed by atoms with Crippen molar-refractivity contribution in [2.75, 3.05) is 20.1 Å². The van der Waals surface area contributed by atoms with E-state index in [4.69, 9.17) is 5.73 Å². The summed E-state index contributed by atoms with van der Waals surface area (Å²) in [6, 6.07) is 8.60. The van der Waals surface area contributed by atoms with Crippen LogP contribution in [0.2, 0.25) is 0 Å². The SMILES string of the molecule is Cc1ccc(C(C)(C)CN(C)C(=O)CCCCCCN)cc1. The normalized spacial score (nSPS) is 11.5. The van der Waals surface area contributed by atoms with Crippen LogP contribution in [0.15, 0.2) is 24.3 Å². The molecule has 3 heteroatoms. The zero-order valence-electron chi connectivity index (χ0n) is 14.7. The number of likely N-dealkylation sites (N-methyl/N-ethyl adjacent to an activating group) is 1. The molecule has 0 fully saturated rings. The van der Waals surface area contributed by atoms with Gasteiger partial charge in [0.1, 0.15) is 0 Å². The lowest BCUT2D eigenvalue weighted by Crippen LogP contribution is -2.38. The van der Waals surface area contributed by atoms with E-state index in [-0.39, 0.29) is 11.3 Å². The van der Waals surface area contributed by atoms with Crippen molar-refractivity contribution in [3.63, 3.8) is 0 Å². The van der Waals surface area contributed by atoms with Crippen molar-refractivity contribution in [1.29, 1.82) is 0 Å². The van der Waals surface area contributed by atoms with Crippen LogP contribution in [-0.2, 0) is 10.2 Å². The van der Waals surface area contributed by atoms with Gasteiger partial charge < -0.3 is 10.6 Å². The molecule has 0 aliphatic rings. The van der Waals surface area contributed by atoms with E-state index in [9.17, 15) is 4.79 Å². The summed E-state index contributed by atoms with van der Waals surface area (Å²) in [7, 11) is 1.91. The molecule has 0 radical (unpaired) electrons. The average molecular weight is 304 g/mol. The number of amides is 1. The zero-order valence-corrected chi connectivity index (χ0v) is 14.7. The Kier molecular flexibility index (Phi) is 7.60. The lowest BCUT2D eigenvalue weighted by molar-refractivity contribution is -0.130. The molecule has 0 aromatic heterocycles. The minimum atomic E-state index is -0.0301. The molecule has 0 heterocycles. The summed E-state index contributed by atoms with van der Waals surface area (Å²) < 4.78 is 0. The molecule has 1 amide bonds. The van der Waals surface area contributed by atoms with Gasteiger partial charge in [0.05, 0.1) is 0 Å². The van der Waals surface area contributed by atoms with Crippen LogP contribution in [-0.4, -0.2) is 30.9 Å². The van der Waals surface area contributed by atoms with Crippen molar-refractivity contribution in [3.8, 4) is 0 Å². The number of benzene rings is 1. The first kappa shape index (κ1) is 18.7. The molecule has 0 spiro atoms. The third-order valence-electron chi connectivity index (χ3n) is 4.24. The highest BCUT2D eigenvalue weighted by atomic mass is 16.2. The molecule has 0 aliphatic heterocycles. The van der Waals surface area contributed by atoms with Gasteiger partial charge in [-0.1, -0.05) is 56.5 Å². The molecule has 0 atom stereocenters. The molecular weight excluding hydrogens is 272 g/mol. The lowest BCUT2D eigenvalue weighted by atomic mass is 9.84. The van der Waals surface area contributed by atoms with Gasteiger partial charge in [0.2, 0.25) is 5.91 Å². The van der Waals surface area contributed by atoms with E-state index < -0.39 is 0 Å². The highest BCUT2D eigenvalue weighted by Gasteiger charge is 2.24. The predicted octanol–water partition coefficient (Wildman–Crippen LogP) is 3.64. The first-order valence-corrected chi connectivity index (χ1v) is 8.38. The number of aryl methyl sites for hydroxylation is 1. The number of rotatable bonds is 9. The molecule has 1 aromatic rings. The molecule has 124 valence electrons. The van der Waals surface area contributed by atoms with E-state index in [1.807, 2.05) is 11.9 Å². The molecule has 0 saturated heterocycles. The van der Waals surface area contributed by atoms with E-state index in [0.29, 0.717) is 6.42 Å². The average Bonchev–Trinajstić information content (AvgIpc) is 2.46. The van der Waals surface area contributed by atoms with Crippen LogP contribution in [0.4, 0.5) is 0 Å². The van der Waals surface area contributed by atoms with Gasteiger partial charge in [-0.15, -0.1) is 0 Å². The van der Waals surface area contributed by atoms with E-state index in [0.717, 1.165) is 38.8 Å². The summed E-state index contributed by atoms with van der Waals surface area (Å²) in [4.78, 5) is 14.1. The highest BCUT2D eigenvalue weighted by Crippen LogP contribution is 2.24. The van der Waals surface area contributed by atoms with Crippen molar-refractivity contribution in [2.24, 2.45) is 5.73 Å². The monoisotopic (exact) mass is 304 g/mol. The Balaban J connectivity index is 2.46. The topological polar surface area (TPSA) is 46.3 Å². The van der Waals surface area contributed by atoms with Gasteiger partial charge in [-0.25, -0.2) is 0 Å². The summed E-state index contributed by atoms with van der Waals surface area (Å²) in [6.07, 6.45) is 4.89. The molecule has 2 N–H and O–H groups in total. The fourth-order valence-electron chi connectivity index (χ4n) is 2.74. The smallest absolute Gasteiger partial charge is 0.222 e. The molecule has 1 rings (SSSR count). The number of hydrogen-bond acceptors (Lipinski definition) is 2. The number of carbonyl (C=O) groups excluding carboxylic acids is 1. The Labute approximate surface area is 135 Å². The molecule has 0 aliphatic carbocycles. The van der Waals surface area contributed by atoms with E-state index in [1.165, 1.54) is 11.1 Å². The third kappa shape index (κ3) is 6.18. The predicted molar refractivity (Wildman–Crippen MR) is 94.0 cm³/mol. The number of unbranched alkanes of at least 4 members (excludes halogenated alkanes) is 3. The van der Waals surface area contributed by atoms with E-state index in [2.05, 4.69) is 45.0 Å². The maximum atomic E-state index is 12.2. The second-order valence-corrected chi connectivity index (χ2v) is 6.95. The second-order valence-electron chi connectivity index (χ2n) is 6.95. The summed E-state index contributed by atoms with van der Waals surface area (Å²) >= 11 is 0. The van der Waals surface area contributed by atoms with Crippen LogP contribution in [0.1, 0.15) is 57.1 Å². The Morgan fingerprint density at radius 3 is 2.27 bits per heavy atom. The maximum absolute atomic E-state index is 12.2. The Morgan fingerprint density at radius 1 is 1.09 bits per heavy atom. The van der Waals surface area contributed by atoms with Crippen molar-refractivity contribution in [3.05, 3.63) is 35.4 Å². The van der Waals surface area contributed by atoms with E-state index in [1.54, 1.807) is 0 Å². The highest BCUT2D eigenvalue weighted by molar-refractivity contribution is 5.75. The summed E-state index contributed by atoms with van der Waals surface area (Å²) in [5, 5.41) is 0. The van der Waals surface area contributed by atoms with Crippen molar-refractivity contribution in [1.82, 2.24) is 4.90 Å². The largest absolute Gasteiger partial charge is 0.345 e. The van der Waals surface area contributed by atoms with Gasteiger partial charge in [0.25, 0.3) is 0 Å². The van der Waals surface area contributed by atoms with Crippen molar-refractivity contribution in [2.45, 2.75) is 58.3 Å². The summed E-state index contributed by atoms with van der Waals surface area (Å²) in [6.45, 7) is 7.98. The van der Waals surface area contributed by atoms with Gasteiger partial charge in [0, 0.05) is 25.4 Å². The fraction of sp³-hybridized carbons (Fsp3) is 0.632. The van der Waals surface area contributed by atoms with Crippen LogP contribution < -0.4 is 5.73 Å². The number of carbonyl (C=O) groups is 1. The third-order valence-corrected chi connectivity index (χ3v) is 4.24. The molecule has 0 bridgehead atoms. The van der Waals surface area contributed by atoms with Gasteiger partial charge in [-0.05, 0) is 31.9 Å². The minimum absolute atomic E-state index is 0.0301. The Bertz CT molecular complexity index is 451. The molecule has 0 saturated carbocycles. The van der Waals surface area contributed by atoms with Crippen LogP contribution >= 0.6 is 0 Å². The van der Waals surface area contributed by atoms with Gasteiger partial charge in [-0.3, -0.25) is 4.79 Å². The van der Waals surface area contributed by atoms with Crippen molar-refractivity contribution < 1.29 is 4.79 Å². The van der Waals surface area contributed by atoms with E-state index >= 15 is 0 Å².